The number of benzene rings is 2. The molecule has 0 spiro atoms. The summed E-state index contributed by atoms with van der Waals surface area (Å²) >= 11 is 0. The highest BCUT2D eigenvalue weighted by Crippen LogP contribution is 2.29. The summed E-state index contributed by atoms with van der Waals surface area (Å²) in [7, 11) is 0. The van der Waals surface area contributed by atoms with Crippen LogP contribution in [0, 0.1) is 12.8 Å². The first-order valence-electron chi connectivity index (χ1n) is 9.20. The van der Waals surface area contributed by atoms with Gasteiger partial charge in [-0.25, -0.2) is 4.79 Å². The molecule has 4 nitrogen and oxygen atoms in total. The van der Waals surface area contributed by atoms with Crippen LogP contribution in [0.2, 0.25) is 0 Å². The molecule has 1 aliphatic carbocycles. The first kappa shape index (κ1) is 18.2. The van der Waals surface area contributed by atoms with E-state index >= 15 is 0 Å². The molecule has 1 aliphatic rings. The van der Waals surface area contributed by atoms with Crippen molar-refractivity contribution in [3.8, 4) is 11.5 Å². The largest absolute Gasteiger partial charge is 0.426 e. The zero-order valence-corrected chi connectivity index (χ0v) is 15.1. The van der Waals surface area contributed by atoms with E-state index in [2.05, 4.69) is 0 Å². The Balaban J connectivity index is 1.56. The monoisotopic (exact) mass is 352 g/mol. The van der Waals surface area contributed by atoms with Gasteiger partial charge in [-0.2, -0.15) is 0 Å². The Kier molecular flexibility index (Phi) is 6.05. The summed E-state index contributed by atoms with van der Waals surface area (Å²) in [6.45, 7) is 1.86. The molecule has 0 aromatic heterocycles. The van der Waals surface area contributed by atoms with Gasteiger partial charge in [0.25, 0.3) is 0 Å². The number of aryl methyl sites for hydroxylation is 1. The third kappa shape index (κ3) is 4.94. The molecule has 0 amide bonds. The topological polar surface area (TPSA) is 52.6 Å². The van der Waals surface area contributed by atoms with Crippen molar-refractivity contribution in [1.82, 2.24) is 0 Å². The van der Waals surface area contributed by atoms with E-state index in [1.807, 2.05) is 19.1 Å². The second-order valence-electron chi connectivity index (χ2n) is 6.84. The number of hydrogen-bond donors (Lipinski definition) is 0. The van der Waals surface area contributed by atoms with Crippen molar-refractivity contribution in [2.45, 2.75) is 45.4 Å². The van der Waals surface area contributed by atoms with Crippen molar-refractivity contribution in [1.29, 1.82) is 0 Å². The first-order chi connectivity index (χ1) is 12.6. The number of esters is 2. The number of hydrogen-bond acceptors (Lipinski definition) is 4. The van der Waals surface area contributed by atoms with Gasteiger partial charge in [-0.05, 0) is 43.0 Å². The Morgan fingerprint density at radius 1 is 0.962 bits per heavy atom. The number of carbonyl (C=O) groups excluding carboxylic acids is 2. The number of rotatable bonds is 6. The third-order valence-electron chi connectivity index (χ3n) is 4.84. The van der Waals surface area contributed by atoms with E-state index in [0.29, 0.717) is 29.4 Å². The molecule has 4 heteroatoms. The molecule has 0 bridgehead atoms. The lowest BCUT2D eigenvalue weighted by Crippen LogP contribution is -2.11. The Morgan fingerprint density at radius 2 is 1.65 bits per heavy atom. The van der Waals surface area contributed by atoms with Gasteiger partial charge in [0.15, 0.2) is 0 Å². The van der Waals surface area contributed by atoms with Crippen molar-refractivity contribution >= 4 is 11.9 Å². The molecule has 0 atom stereocenters. The predicted molar refractivity (Wildman–Crippen MR) is 99.4 cm³/mol. The standard InChI is InChI=1S/C22H24O4/c1-16-7-2-5-12-20(16)22(24)26-19-11-6-10-18(15-19)25-21(23)14-13-17-8-3-4-9-17/h2,5-7,10-12,15,17H,3-4,8-9,13-14H2,1H3. The van der Waals surface area contributed by atoms with E-state index in [1.165, 1.54) is 25.7 Å². The Hall–Kier alpha value is -2.62. The minimum atomic E-state index is -0.423. The third-order valence-corrected chi connectivity index (χ3v) is 4.84. The second-order valence-corrected chi connectivity index (χ2v) is 6.84. The fourth-order valence-electron chi connectivity index (χ4n) is 3.37. The summed E-state index contributed by atoms with van der Waals surface area (Å²) < 4.78 is 10.8. The molecule has 1 saturated carbocycles. The van der Waals surface area contributed by atoms with E-state index in [1.54, 1.807) is 36.4 Å². The molecule has 0 saturated heterocycles. The molecular weight excluding hydrogens is 328 g/mol. The Morgan fingerprint density at radius 3 is 2.38 bits per heavy atom. The van der Waals surface area contributed by atoms with Crippen molar-refractivity contribution in [2.75, 3.05) is 0 Å². The summed E-state index contributed by atoms with van der Waals surface area (Å²) in [6, 6.07) is 13.9. The van der Waals surface area contributed by atoms with Gasteiger partial charge < -0.3 is 9.47 Å². The quantitative estimate of drug-likeness (QED) is 0.537. The van der Waals surface area contributed by atoms with Crippen molar-refractivity contribution in [3.05, 3.63) is 59.7 Å². The van der Waals surface area contributed by atoms with Crippen LogP contribution < -0.4 is 9.47 Å². The van der Waals surface area contributed by atoms with E-state index in [4.69, 9.17) is 9.47 Å². The Labute approximate surface area is 154 Å². The van der Waals surface area contributed by atoms with Crippen LogP contribution in [0.5, 0.6) is 11.5 Å². The highest BCUT2D eigenvalue weighted by Gasteiger charge is 2.17. The highest BCUT2D eigenvalue weighted by atomic mass is 16.5. The SMILES string of the molecule is Cc1ccccc1C(=O)Oc1cccc(OC(=O)CCC2CCCC2)c1. The summed E-state index contributed by atoms with van der Waals surface area (Å²) in [5, 5.41) is 0. The van der Waals surface area contributed by atoms with Crippen LogP contribution in [0.1, 0.15) is 54.4 Å². The molecule has 3 rings (SSSR count). The minimum Gasteiger partial charge on any atom is -0.426 e. The van der Waals surface area contributed by atoms with Crippen LogP contribution >= 0.6 is 0 Å². The smallest absolute Gasteiger partial charge is 0.343 e. The molecule has 2 aromatic rings. The maximum atomic E-state index is 12.3. The van der Waals surface area contributed by atoms with Crippen molar-refractivity contribution in [3.63, 3.8) is 0 Å². The van der Waals surface area contributed by atoms with Gasteiger partial charge in [0.05, 0.1) is 5.56 Å². The summed E-state index contributed by atoms with van der Waals surface area (Å²) in [6.07, 6.45) is 6.30. The molecule has 136 valence electrons. The summed E-state index contributed by atoms with van der Waals surface area (Å²) in [5.41, 5.74) is 1.37. The van der Waals surface area contributed by atoms with Crippen LogP contribution in [0.25, 0.3) is 0 Å². The van der Waals surface area contributed by atoms with Gasteiger partial charge in [-0.1, -0.05) is 49.9 Å². The average molecular weight is 352 g/mol. The fourth-order valence-corrected chi connectivity index (χ4v) is 3.37. The lowest BCUT2D eigenvalue weighted by atomic mass is 10.0. The van der Waals surface area contributed by atoms with Gasteiger partial charge in [0.1, 0.15) is 11.5 Å². The van der Waals surface area contributed by atoms with Crippen LogP contribution in [0.4, 0.5) is 0 Å². The van der Waals surface area contributed by atoms with Crippen LogP contribution in [0.3, 0.4) is 0 Å². The van der Waals surface area contributed by atoms with Crippen molar-refractivity contribution < 1.29 is 19.1 Å². The molecular formula is C22H24O4. The highest BCUT2D eigenvalue weighted by molar-refractivity contribution is 5.92. The molecule has 0 aliphatic heterocycles. The predicted octanol–water partition coefficient (Wildman–Crippen LogP) is 5.09. The van der Waals surface area contributed by atoms with Crippen LogP contribution in [-0.2, 0) is 4.79 Å². The number of carbonyl (C=O) groups is 2. The van der Waals surface area contributed by atoms with Gasteiger partial charge in [-0.15, -0.1) is 0 Å². The molecule has 0 heterocycles. The van der Waals surface area contributed by atoms with Gasteiger partial charge in [0.2, 0.25) is 0 Å². The van der Waals surface area contributed by atoms with E-state index in [0.717, 1.165) is 12.0 Å². The zero-order chi connectivity index (χ0) is 18.4. The number of ether oxygens (including phenoxy) is 2. The molecule has 0 radical (unpaired) electrons. The lowest BCUT2D eigenvalue weighted by molar-refractivity contribution is -0.134. The molecule has 1 fully saturated rings. The molecule has 2 aromatic carbocycles. The second kappa shape index (κ2) is 8.65. The zero-order valence-electron chi connectivity index (χ0n) is 15.1. The fraction of sp³-hybridized carbons (Fsp3) is 0.364. The first-order valence-corrected chi connectivity index (χ1v) is 9.20. The van der Waals surface area contributed by atoms with Crippen LogP contribution in [0.15, 0.2) is 48.5 Å². The maximum Gasteiger partial charge on any atom is 0.343 e. The normalized spacial score (nSPS) is 14.2. The van der Waals surface area contributed by atoms with Gasteiger partial charge >= 0.3 is 11.9 Å². The van der Waals surface area contributed by atoms with E-state index in [9.17, 15) is 9.59 Å². The van der Waals surface area contributed by atoms with Crippen molar-refractivity contribution in [2.24, 2.45) is 5.92 Å². The summed E-state index contributed by atoms with van der Waals surface area (Å²) in [5.74, 6) is 0.756. The lowest BCUT2D eigenvalue weighted by Gasteiger charge is -2.10. The average Bonchev–Trinajstić information content (AvgIpc) is 3.14. The van der Waals surface area contributed by atoms with E-state index < -0.39 is 5.97 Å². The van der Waals surface area contributed by atoms with Gasteiger partial charge in [0, 0.05) is 12.5 Å². The Bertz CT molecular complexity index is 775. The summed E-state index contributed by atoms with van der Waals surface area (Å²) in [4.78, 5) is 24.3. The maximum absolute atomic E-state index is 12.3. The van der Waals surface area contributed by atoms with E-state index in [-0.39, 0.29) is 5.97 Å². The van der Waals surface area contributed by atoms with Crippen LogP contribution in [-0.4, -0.2) is 11.9 Å². The molecule has 0 unspecified atom stereocenters. The van der Waals surface area contributed by atoms with Gasteiger partial charge in [-0.3, -0.25) is 4.79 Å². The minimum absolute atomic E-state index is 0.237. The molecule has 26 heavy (non-hydrogen) atoms. The molecule has 0 N–H and O–H groups in total.